The minimum atomic E-state index is -4.99. The van der Waals surface area contributed by atoms with Crippen LogP contribution in [-0.4, -0.2) is 57.4 Å². The van der Waals surface area contributed by atoms with Crippen molar-refractivity contribution in [1.29, 1.82) is 0 Å². The van der Waals surface area contributed by atoms with Crippen LogP contribution in [0.2, 0.25) is 0 Å². The Morgan fingerprint density at radius 2 is 1.97 bits per heavy atom. The van der Waals surface area contributed by atoms with Crippen molar-refractivity contribution in [2.24, 2.45) is 0 Å². The van der Waals surface area contributed by atoms with Crippen LogP contribution >= 0.6 is 0 Å². The molecule has 2 unspecified atom stereocenters. The Morgan fingerprint density at radius 1 is 1.27 bits per heavy atom. The van der Waals surface area contributed by atoms with Gasteiger partial charge in [-0.3, -0.25) is 9.10 Å². The van der Waals surface area contributed by atoms with Crippen LogP contribution in [0.4, 0.5) is 18.9 Å². The number of carbonyl (C=O) groups is 1. The van der Waals surface area contributed by atoms with Gasteiger partial charge in [-0.25, -0.2) is 8.42 Å². The van der Waals surface area contributed by atoms with E-state index in [1.54, 1.807) is 25.2 Å². The molecule has 2 aliphatic heterocycles. The van der Waals surface area contributed by atoms with Gasteiger partial charge in [-0.1, -0.05) is 24.1 Å². The lowest BCUT2D eigenvalue weighted by Crippen LogP contribution is -2.43. The van der Waals surface area contributed by atoms with Crippen molar-refractivity contribution in [3.8, 4) is 12.0 Å². The van der Waals surface area contributed by atoms with Gasteiger partial charge in [0.15, 0.2) is 0 Å². The quantitative estimate of drug-likeness (QED) is 0.628. The van der Waals surface area contributed by atoms with E-state index in [4.69, 9.17) is 0 Å². The second-order valence-corrected chi connectivity index (χ2v) is 9.96. The third-order valence-electron chi connectivity index (χ3n) is 5.85. The fraction of sp³-hybridized carbons (Fsp3) is 0.409. The molecule has 3 heterocycles. The van der Waals surface area contributed by atoms with Gasteiger partial charge in [0, 0.05) is 32.8 Å². The molecule has 0 fully saturated rings. The molecule has 0 saturated carbocycles. The van der Waals surface area contributed by atoms with Crippen molar-refractivity contribution in [2.45, 2.75) is 36.4 Å². The highest BCUT2D eigenvalue weighted by atomic mass is 32.2. The summed E-state index contributed by atoms with van der Waals surface area (Å²) in [5, 5.41) is 0. The normalized spacial score (nSPS) is 20.3. The number of fused-ring (bicyclic) bond motifs is 1. The molecule has 4 rings (SSSR count). The van der Waals surface area contributed by atoms with Gasteiger partial charge in [0.2, 0.25) is 11.7 Å². The molecule has 2 aromatic rings. The molecule has 176 valence electrons. The Balaban J connectivity index is 1.71. The van der Waals surface area contributed by atoms with Gasteiger partial charge in [-0.2, -0.15) is 13.2 Å². The molecule has 0 radical (unpaired) electrons. The smallest absolute Gasteiger partial charge is 0.450 e. The minimum Gasteiger partial charge on any atom is -0.455 e. The number of halogens is 3. The van der Waals surface area contributed by atoms with Crippen LogP contribution in [0.5, 0.6) is 0 Å². The van der Waals surface area contributed by atoms with Crippen molar-refractivity contribution in [1.82, 2.24) is 9.80 Å². The number of rotatable bonds is 4. The van der Waals surface area contributed by atoms with Crippen molar-refractivity contribution >= 4 is 21.6 Å². The van der Waals surface area contributed by atoms with E-state index in [0.29, 0.717) is 18.5 Å². The molecular formula is C22H22F3N3O4S. The molecule has 7 nitrogen and oxygen atoms in total. The summed E-state index contributed by atoms with van der Waals surface area (Å²) in [6.07, 6.45) is -4.36. The highest BCUT2D eigenvalue weighted by Gasteiger charge is 2.47. The Bertz CT molecular complexity index is 1260. The molecule has 1 aromatic heterocycles. The Kier molecular flexibility index (Phi) is 5.60. The summed E-state index contributed by atoms with van der Waals surface area (Å²) in [5.41, 5.74) is 0.610. The van der Waals surface area contributed by atoms with Gasteiger partial charge in [-0.05, 0) is 25.0 Å². The molecule has 0 spiro atoms. The zero-order valence-electron chi connectivity index (χ0n) is 18.2. The fourth-order valence-electron chi connectivity index (χ4n) is 4.13. The maximum Gasteiger partial charge on any atom is 0.450 e. The van der Waals surface area contributed by atoms with E-state index in [2.05, 4.69) is 16.4 Å². The topological polar surface area (TPSA) is 74.1 Å². The summed E-state index contributed by atoms with van der Waals surface area (Å²) < 4.78 is 72.7. The first-order valence-electron chi connectivity index (χ1n) is 10.2. The van der Waals surface area contributed by atoms with Crippen LogP contribution in [0.15, 0.2) is 39.6 Å². The van der Waals surface area contributed by atoms with E-state index < -0.39 is 32.8 Å². The lowest BCUT2D eigenvalue weighted by molar-refractivity contribution is -0.155. The number of alkyl halides is 3. The first kappa shape index (κ1) is 23.0. The summed E-state index contributed by atoms with van der Waals surface area (Å²) in [6.45, 7) is 1.61. The highest BCUT2D eigenvalue weighted by Crippen LogP contribution is 2.43. The van der Waals surface area contributed by atoms with E-state index in [1.165, 1.54) is 17.9 Å². The Morgan fingerprint density at radius 3 is 2.61 bits per heavy atom. The average Bonchev–Trinajstić information content (AvgIpc) is 3.35. The Labute approximate surface area is 189 Å². The molecule has 0 aliphatic carbocycles. The standard InChI is InChI=1S/C22H22F3N3O4S/c1-14-12-19(20(32-14)22(23,24)25)33(30,31)28-13-17(16-6-4-5-7-18(16)28)21(29)27(3)15-8-10-26(2)11-9-15/h4-7,12,15,17H,8,10,13H2,1-3H3. The molecule has 1 aromatic carbocycles. The van der Waals surface area contributed by atoms with E-state index in [9.17, 15) is 26.4 Å². The van der Waals surface area contributed by atoms with Crippen LogP contribution in [-0.2, 0) is 21.0 Å². The van der Waals surface area contributed by atoms with Crippen molar-refractivity contribution in [3.63, 3.8) is 0 Å². The minimum absolute atomic E-state index is 0.172. The van der Waals surface area contributed by atoms with Gasteiger partial charge in [0.05, 0.1) is 24.2 Å². The van der Waals surface area contributed by atoms with E-state index in [1.807, 2.05) is 11.9 Å². The number of amides is 1. The zero-order chi connectivity index (χ0) is 24.1. The number of para-hydroxylation sites is 1. The van der Waals surface area contributed by atoms with Crippen LogP contribution in [0.1, 0.15) is 29.4 Å². The number of likely N-dealkylation sites (N-methyl/N-ethyl adjacent to an activating group) is 1. The lowest BCUT2D eigenvalue weighted by Gasteiger charge is -2.30. The number of hydrogen-bond donors (Lipinski definition) is 0. The van der Waals surface area contributed by atoms with Gasteiger partial charge < -0.3 is 14.2 Å². The fourth-order valence-corrected chi connectivity index (χ4v) is 5.84. The van der Waals surface area contributed by atoms with Crippen LogP contribution < -0.4 is 4.31 Å². The number of furan rings is 1. The van der Waals surface area contributed by atoms with E-state index in [-0.39, 0.29) is 29.9 Å². The molecule has 2 aliphatic rings. The molecule has 33 heavy (non-hydrogen) atoms. The number of nitrogens with zero attached hydrogens (tertiary/aromatic N) is 3. The molecular weight excluding hydrogens is 459 g/mol. The van der Waals surface area contributed by atoms with Gasteiger partial charge in [0.1, 0.15) is 10.7 Å². The number of hydrogen-bond acceptors (Lipinski definition) is 5. The molecule has 1 amide bonds. The monoisotopic (exact) mass is 481 g/mol. The predicted molar refractivity (Wildman–Crippen MR) is 114 cm³/mol. The van der Waals surface area contributed by atoms with Crippen LogP contribution in [0, 0.1) is 18.9 Å². The summed E-state index contributed by atoms with van der Waals surface area (Å²) in [6, 6.07) is 9.78. The van der Waals surface area contributed by atoms with Crippen molar-refractivity contribution in [3.05, 3.63) is 47.4 Å². The molecule has 2 atom stereocenters. The largest absolute Gasteiger partial charge is 0.455 e. The third-order valence-corrected chi connectivity index (χ3v) is 7.63. The predicted octanol–water partition coefficient (Wildman–Crippen LogP) is 3.02. The zero-order valence-corrected chi connectivity index (χ0v) is 19.0. The maximum atomic E-state index is 13.5. The van der Waals surface area contributed by atoms with Gasteiger partial charge in [-0.15, -0.1) is 0 Å². The van der Waals surface area contributed by atoms with Crippen LogP contribution in [0.25, 0.3) is 0 Å². The summed E-state index contributed by atoms with van der Waals surface area (Å²) in [5.74, 6) is 0.0313. The number of carbonyl (C=O) groups excluding carboxylic acids is 1. The first-order valence-corrected chi connectivity index (χ1v) is 11.6. The van der Waals surface area contributed by atoms with Gasteiger partial charge >= 0.3 is 6.18 Å². The summed E-state index contributed by atoms with van der Waals surface area (Å²) >= 11 is 0. The Hall–Kier alpha value is -3.13. The highest BCUT2D eigenvalue weighted by molar-refractivity contribution is 7.93. The SMILES string of the molecule is Cc1cc(S(=O)(=O)N2CC(C(=O)N(C)C3C#CN(C)CC3)c3ccccc32)c(C(F)(F)F)o1. The first-order chi connectivity index (χ1) is 15.4. The number of sulfonamides is 1. The van der Waals surface area contributed by atoms with E-state index in [0.717, 1.165) is 10.4 Å². The third kappa shape index (κ3) is 4.04. The molecule has 0 saturated heterocycles. The van der Waals surface area contributed by atoms with Crippen LogP contribution in [0.3, 0.4) is 0 Å². The van der Waals surface area contributed by atoms with Crippen molar-refractivity contribution < 1.29 is 30.8 Å². The molecule has 11 heteroatoms. The molecule has 0 bridgehead atoms. The summed E-state index contributed by atoms with van der Waals surface area (Å²) in [4.78, 5) is 15.7. The van der Waals surface area contributed by atoms with Crippen molar-refractivity contribution in [2.75, 3.05) is 31.5 Å². The number of anilines is 1. The lowest BCUT2D eigenvalue weighted by atomic mass is 9.98. The van der Waals surface area contributed by atoms with Gasteiger partial charge in [0.25, 0.3) is 10.0 Å². The maximum absolute atomic E-state index is 13.5. The number of benzene rings is 1. The number of aryl methyl sites for hydroxylation is 1. The van der Waals surface area contributed by atoms with E-state index >= 15 is 0 Å². The summed E-state index contributed by atoms with van der Waals surface area (Å²) in [7, 11) is -1.21. The second-order valence-electron chi connectivity index (χ2n) is 8.13. The second kappa shape index (κ2) is 8.02. The molecule has 0 N–H and O–H groups in total. The average molecular weight is 481 g/mol.